The fourth-order valence-corrected chi connectivity index (χ4v) is 3.03. The molecule has 1 atom stereocenters. The van der Waals surface area contributed by atoms with Gasteiger partial charge in [0.15, 0.2) is 0 Å². The third-order valence-corrected chi connectivity index (χ3v) is 4.20. The number of hydrogen-bond acceptors (Lipinski definition) is 2. The number of carbonyl (C=O) groups excluding carboxylic acids is 1. The van der Waals surface area contributed by atoms with Crippen molar-refractivity contribution in [3.8, 4) is 0 Å². The minimum atomic E-state index is 0.00363. The van der Waals surface area contributed by atoms with Crippen molar-refractivity contribution in [3.63, 3.8) is 0 Å². The Kier molecular flexibility index (Phi) is 4.86. The van der Waals surface area contributed by atoms with Gasteiger partial charge in [-0.15, -0.1) is 0 Å². The minimum absolute atomic E-state index is 0.00363. The molecule has 0 aliphatic carbocycles. The van der Waals surface area contributed by atoms with Gasteiger partial charge in [0.1, 0.15) is 0 Å². The molecule has 0 aromatic heterocycles. The van der Waals surface area contributed by atoms with E-state index in [4.69, 9.17) is 0 Å². The van der Waals surface area contributed by atoms with Crippen LogP contribution in [0, 0.1) is 0 Å². The highest BCUT2D eigenvalue weighted by Crippen LogP contribution is 2.20. The molecule has 1 heterocycles. The van der Waals surface area contributed by atoms with Crippen LogP contribution in [0.25, 0.3) is 0 Å². The summed E-state index contributed by atoms with van der Waals surface area (Å²) in [5.41, 5.74) is 2.41. The first kappa shape index (κ1) is 14.8. The number of carbonyl (C=O) groups is 1. The maximum atomic E-state index is 12.5. The molecule has 0 saturated carbocycles. The van der Waals surface area contributed by atoms with E-state index < -0.39 is 0 Å². The van der Waals surface area contributed by atoms with Crippen molar-refractivity contribution in [1.82, 2.24) is 10.2 Å². The SMILES string of the molecule is O=C(NCc1ccccc1)[C@@H]1CCCN1Cc1ccccc1. The fourth-order valence-electron chi connectivity index (χ4n) is 3.03. The van der Waals surface area contributed by atoms with E-state index in [0.717, 1.165) is 31.5 Å². The molecule has 3 heteroatoms. The zero-order valence-corrected chi connectivity index (χ0v) is 12.7. The Morgan fingerprint density at radius 3 is 2.32 bits per heavy atom. The van der Waals surface area contributed by atoms with Gasteiger partial charge >= 0.3 is 0 Å². The molecule has 2 aromatic rings. The first-order valence-electron chi connectivity index (χ1n) is 7.92. The molecular formula is C19H22N2O. The van der Waals surface area contributed by atoms with Gasteiger partial charge in [0, 0.05) is 13.1 Å². The normalized spacial score (nSPS) is 18.3. The maximum Gasteiger partial charge on any atom is 0.237 e. The highest BCUT2D eigenvalue weighted by molar-refractivity contribution is 5.82. The van der Waals surface area contributed by atoms with E-state index >= 15 is 0 Å². The number of nitrogens with one attached hydrogen (secondary N) is 1. The molecule has 1 N–H and O–H groups in total. The van der Waals surface area contributed by atoms with Crippen LogP contribution >= 0.6 is 0 Å². The quantitative estimate of drug-likeness (QED) is 0.919. The van der Waals surface area contributed by atoms with E-state index in [2.05, 4.69) is 34.5 Å². The zero-order chi connectivity index (χ0) is 15.2. The highest BCUT2D eigenvalue weighted by atomic mass is 16.2. The monoisotopic (exact) mass is 294 g/mol. The lowest BCUT2D eigenvalue weighted by Crippen LogP contribution is -2.42. The molecule has 0 radical (unpaired) electrons. The first-order chi connectivity index (χ1) is 10.8. The van der Waals surface area contributed by atoms with Gasteiger partial charge < -0.3 is 5.32 Å². The Balaban J connectivity index is 1.57. The summed E-state index contributed by atoms with van der Waals surface area (Å²) in [7, 11) is 0. The molecule has 1 fully saturated rings. The number of hydrogen-bond donors (Lipinski definition) is 1. The predicted molar refractivity (Wildman–Crippen MR) is 88.2 cm³/mol. The van der Waals surface area contributed by atoms with Crippen LogP contribution in [0.5, 0.6) is 0 Å². The first-order valence-corrected chi connectivity index (χ1v) is 7.92. The fraction of sp³-hybridized carbons (Fsp3) is 0.316. The topological polar surface area (TPSA) is 32.3 Å². The van der Waals surface area contributed by atoms with Crippen LogP contribution in [0.4, 0.5) is 0 Å². The lowest BCUT2D eigenvalue weighted by molar-refractivity contribution is -0.125. The molecule has 2 aromatic carbocycles. The summed E-state index contributed by atoms with van der Waals surface area (Å²) >= 11 is 0. The summed E-state index contributed by atoms with van der Waals surface area (Å²) in [6, 6.07) is 20.4. The van der Waals surface area contributed by atoms with E-state index in [9.17, 15) is 4.79 Å². The van der Waals surface area contributed by atoms with Crippen LogP contribution in [0.15, 0.2) is 60.7 Å². The van der Waals surface area contributed by atoms with Crippen molar-refractivity contribution in [2.45, 2.75) is 32.0 Å². The molecule has 3 nitrogen and oxygen atoms in total. The third-order valence-electron chi connectivity index (χ3n) is 4.20. The number of likely N-dealkylation sites (tertiary alicyclic amines) is 1. The van der Waals surface area contributed by atoms with Crippen molar-refractivity contribution in [2.24, 2.45) is 0 Å². The lowest BCUT2D eigenvalue weighted by Gasteiger charge is -2.23. The van der Waals surface area contributed by atoms with E-state index in [0.29, 0.717) is 6.54 Å². The minimum Gasteiger partial charge on any atom is -0.351 e. The van der Waals surface area contributed by atoms with Gasteiger partial charge in [0.25, 0.3) is 0 Å². The summed E-state index contributed by atoms with van der Waals surface area (Å²) in [5.74, 6) is 0.150. The predicted octanol–water partition coefficient (Wildman–Crippen LogP) is 2.97. The molecule has 1 aliphatic rings. The summed E-state index contributed by atoms with van der Waals surface area (Å²) < 4.78 is 0. The van der Waals surface area contributed by atoms with Gasteiger partial charge in [-0.25, -0.2) is 0 Å². The van der Waals surface area contributed by atoms with Crippen LogP contribution in [-0.4, -0.2) is 23.4 Å². The molecular weight excluding hydrogens is 272 g/mol. The molecule has 22 heavy (non-hydrogen) atoms. The summed E-state index contributed by atoms with van der Waals surface area (Å²) in [6.45, 7) is 2.46. The summed E-state index contributed by atoms with van der Waals surface area (Å²) in [4.78, 5) is 14.8. The van der Waals surface area contributed by atoms with Crippen molar-refractivity contribution in [3.05, 3.63) is 71.8 Å². The maximum absolute atomic E-state index is 12.5. The van der Waals surface area contributed by atoms with Crippen LogP contribution in [0.3, 0.4) is 0 Å². The number of nitrogens with zero attached hydrogens (tertiary/aromatic N) is 1. The Labute approximate surface area is 132 Å². The van der Waals surface area contributed by atoms with Crippen molar-refractivity contribution >= 4 is 5.91 Å². The van der Waals surface area contributed by atoms with E-state index in [-0.39, 0.29) is 11.9 Å². The van der Waals surface area contributed by atoms with Gasteiger partial charge in [0.2, 0.25) is 5.91 Å². The average molecular weight is 294 g/mol. The molecule has 1 amide bonds. The summed E-state index contributed by atoms with van der Waals surface area (Å²) in [6.07, 6.45) is 2.05. The van der Waals surface area contributed by atoms with Gasteiger partial charge in [0.05, 0.1) is 6.04 Å². The molecule has 3 rings (SSSR count). The van der Waals surface area contributed by atoms with E-state index in [1.54, 1.807) is 0 Å². The Bertz CT molecular complexity index is 597. The second-order valence-corrected chi connectivity index (χ2v) is 5.82. The zero-order valence-electron chi connectivity index (χ0n) is 12.7. The Morgan fingerprint density at radius 1 is 1.00 bits per heavy atom. The number of amides is 1. The standard InChI is InChI=1S/C19H22N2O/c22-19(20-14-16-8-3-1-4-9-16)18-12-7-13-21(18)15-17-10-5-2-6-11-17/h1-6,8-11,18H,7,12-15H2,(H,20,22)/t18-/m0/s1. The van der Waals surface area contributed by atoms with Crippen LogP contribution in [0.1, 0.15) is 24.0 Å². The largest absolute Gasteiger partial charge is 0.351 e. The van der Waals surface area contributed by atoms with Gasteiger partial charge in [-0.2, -0.15) is 0 Å². The molecule has 1 aliphatic heterocycles. The van der Waals surface area contributed by atoms with Crippen LogP contribution in [0.2, 0.25) is 0 Å². The number of rotatable bonds is 5. The molecule has 0 bridgehead atoms. The van der Waals surface area contributed by atoms with Crippen molar-refractivity contribution < 1.29 is 4.79 Å². The lowest BCUT2D eigenvalue weighted by atomic mass is 10.1. The summed E-state index contributed by atoms with van der Waals surface area (Å²) in [5, 5.41) is 3.08. The highest BCUT2D eigenvalue weighted by Gasteiger charge is 2.30. The third kappa shape index (κ3) is 3.74. The second-order valence-electron chi connectivity index (χ2n) is 5.82. The van der Waals surface area contributed by atoms with Gasteiger partial charge in [-0.3, -0.25) is 9.69 Å². The van der Waals surface area contributed by atoms with Gasteiger partial charge in [-0.05, 0) is 30.5 Å². The molecule has 1 saturated heterocycles. The van der Waals surface area contributed by atoms with Crippen LogP contribution in [-0.2, 0) is 17.9 Å². The Hall–Kier alpha value is -2.13. The second kappa shape index (κ2) is 7.23. The molecule has 0 unspecified atom stereocenters. The number of benzene rings is 2. The van der Waals surface area contributed by atoms with Gasteiger partial charge in [-0.1, -0.05) is 60.7 Å². The average Bonchev–Trinajstić information content (AvgIpc) is 3.03. The van der Waals surface area contributed by atoms with E-state index in [1.807, 2.05) is 36.4 Å². The molecule has 114 valence electrons. The smallest absolute Gasteiger partial charge is 0.237 e. The Morgan fingerprint density at radius 2 is 1.64 bits per heavy atom. The molecule has 0 spiro atoms. The van der Waals surface area contributed by atoms with Crippen LogP contribution < -0.4 is 5.32 Å². The van der Waals surface area contributed by atoms with Crippen molar-refractivity contribution in [1.29, 1.82) is 0 Å². The van der Waals surface area contributed by atoms with Crippen molar-refractivity contribution in [2.75, 3.05) is 6.54 Å². The van der Waals surface area contributed by atoms with E-state index in [1.165, 1.54) is 5.56 Å².